The lowest BCUT2D eigenvalue weighted by molar-refractivity contribution is -0.138. The minimum atomic E-state index is 0.185. The SMILES string of the molecule is O=C([C@@H]1CCCN(C2CCN(Cc3ccccc3)CC2)C1)N1CCN(c2ccccc2)CC1. The highest BCUT2D eigenvalue weighted by atomic mass is 16.2. The average Bonchev–Trinajstić information content (AvgIpc) is 2.90. The monoisotopic (exact) mass is 446 g/mol. The summed E-state index contributed by atoms with van der Waals surface area (Å²) in [5, 5.41) is 0. The van der Waals surface area contributed by atoms with Gasteiger partial charge >= 0.3 is 0 Å². The summed E-state index contributed by atoms with van der Waals surface area (Å²) in [6.07, 6.45) is 4.67. The molecule has 0 saturated carbocycles. The summed E-state index contributed by atoms with van der Waals surface area (Å²) in [4.78, 5) is 23.1. The van der Waals surface area contributed by atoms with E-state index >= 15 is 0 Å². The van der Waals surface area contributed by atoms with Crippen LogP contribution in [-0.4, -0.2) is 79.0 Å². The molecular formula is C28H38N4O. The Hall–Kier alpha value is -2.37. The third kappa shape index (κ3) is 5.59. The molecule has 176 valence electrons. The molecule has 2 aromatic carbocycles. The van der Waals surface area contributed by atoms with E-state index in [2.05, 4.69) is 80.3 Å². The van der Waals surface area contributed by atoms with Crippen LogP contribution in [0.2, 0.25) is 0 Å². The normalized spacial score (nSPS) is 23.6. The standard InChI is InChI=1S/C28H38N4O/c33-28(31-20-18-30(19-21-31)26-11-5-2-6-12-26)25-10-7-15-32(23-25)27-13-16-29(17-14-27)22-24-8-3-1-4-9-24/h1-6,8-9,11-12,25,27H,7,10,13-23H2/t25-/m1/s1. The number of amides is 1. The Morgan fingerprint density at radius 1 is 0.758 bits per heavy atom. The number of rotatable bonds is 5. The Balaban J connectivity index is 1.09. The maximum atomic E-state index is 13.4. The van der Waals surface area contributed by atoms with E-state index in [4.69, 9.17) is 0 Å². The van der Waals surface area contributed by atoms with Crippen LogP contribution >= 0.6 is 0 Å². The van der Waals surface area contributed by atoms with E-state index in [1.165, 1.54) is 24.1 Å². The van der Waals surface area contributed by atoms with Crippen molar-refractivity contribution in [3.63, 3.8) is 0 Å². The van der Waals surface area contributed by atoms with Gasteiger partial charge in [-0.2, -0.15) is 0 Å². The van der Waals surface area contributed by atoms with E-state index in [9.17, 15) is 4.79 Å². The molecule has 5 rings (SSSR count). The number of carbonyl (C=O) groups is 1. The summed E-state index contributed by atoms with van der Waals surface area (Å²) >= 11 is 0. The molecule has 5 nitrogen and oxygen atoms in total. The van der Waals surface area contributed by atoms with Crippen molar-refractivity contribution >= 4 is 11.6 Å². The summed E-state index contributed by atoms with van der Waals surface area (Å²) in [6, 6.07) is 22.0. The fourth-order valence-electron chi connectivity index (χ4n) is 5.91. The van der Waals surface area contributed by atoms with Crippen molar-refractivity contribution < 1.29 is 4.79 Å². The van der Waals surface area contributed by atoms with Crippen LogP contribution in [0, 0.1) is 5.92 Å². The van der Waals surface area contributed by atoms with Gasteiger partial charge in [-0.1, -0.05) is 48.5 Å². The van der Waals surface area contributed by atoms with E-state index in [-0.39, 0.29) is 5.92 Å². The van der Waals surface area contributed by atoms with E-state index in [0.717, 1.165) is 71.7 Å². The Bertz CT molecular complexity index is 873. The summed E-state index contributed by atoms with van der Waals surface area (Å²) < 4.78 is 0. The van der Waals surface area contributed by atoms with Crippen LogP contribution in [0.4, 0.5) is 5.69 Å². The molecule has 0 radical (unpaired) electrons. The van der Waals surface area contributed by atoms with Crippen molar-refractivity contribution in [1.82, 2.24) is 14.7 Å². The summed E-state index contributed by atoms with van der Waals surface area (Å²) in [7, 11) is 0. The number of nitrogens with zero attached hydrogens (tertiary/aromatic N) is 4. The highest BCUT2D eigenvalue weighted by Crippen LogP contribution is 2.26. The first kappa shape index (κ1) is 22.4. The van der Waals surface area contributed by atoms with E-state index in [0.29, 0.717) is 11.9 Å². The zero-order chi connectivity index (χ0) is 22.5. The topological polar surface area (TPSA) is 30.0 Å². The van der Waals surface area contributed by atoms with Crippen LogP contribution in [0.5, 0.6) is 0 Å². The van der Waals surface area contributed by atoms with Gasteiger partial charge in [0.25, 0.3) is 0 Å². The highest BCUT2D eigenvalue weighted by molar-refractivity contribution is 5.79. The Labute approximate surface area is 199 Å². The number of piperidine rings is 2. The van der Waals surface area contributed by atoms with Gasteiger partial charge in [-0.05, 0) is 63.0 Å². The number of hydrogen-bond donors (Lipinski definition) is 0. The summed E-state index contributed by atoms with van der Waals surface area (Å²) in [5.41, 5.74) is 2.68. The highest BCUT2D eigenvalue weighted by Gasteiger charge is 2.34. The lowest BCUT2D eigenvalue weighted by Crippen LogP contribution is -2.54. The fourth-order valence-corrected chi connectivity index (χ4v) is 5.91. The molecule has 1 amide bonds. The second kappa shape index (κ2) is 10.7. The molecule has 5 heteroatoms. The smallest absolute Gasteiger partial charge is 0.227 e. The van der Waals surface area contributed by atoms with E-state index < -0.39 is 0 Å². The molecule has 33 heavy (non-hydrogen) atoms. The Morgan fingerprint density at radius 2 is 1.42 bits per heavy atom. The molecule has 3 heterocycles. The van der Waals surface area contributed by atoms with Gasteiger partial charge in [0.05, 0.1) is 5.92 Å². The lowest BCUT2D eigenvalue weighted by atomic mass is 9.92. The molecule has 0 aromatic heterocycles. The van der Waals surface area contributed by atoms with E-state index in [1.54, 1.807) is 0 Å². The molecule has 3 aliphatic heterocycles. The van der Waals surface area contributed by atoms with Crippen LogP contribution in [0.1, 0.15) is 31.2 Å². The van der Waals surface area contributed by atoms with Gasteiger partial charge in [-0.15, -0.1) is 0 Å². The number of para-hydroxylation sites is 1. The predicted octanol–water partition coefficient (Wildman–Crippen LogP) is 3.71. The van der Waals surface area contributed by atoms with Crippen molar-refractivity contribution in [3.05, 3.63) is 66.2 Å². The first-order valence-electron chi connectivity index (χ1n) is 12.9. The molecule has 0 aliphatic carbocycles. The van der Waals surface area contributed by atoms with Gasteiger partial charge < -0.3 is 9.80 Å². The molecule has 0 bridgehead atoms. The molecule has 0 spiro atoms. The van der Waals surface area contributed by atoms with Crippen LogP contribution in [0.3, 0.4) is 0 Å². The Kier molecular flexibility index (Phi) is 7.27. The first-order valence-corrected chi connectivity index (χ1v) is 12.9. The quantitative estimate of drug-likeness (QED) is 0.700. The number of hydrogen-bond acceptors (Lipinski definition) is 4. The largest absolute Gasteiger partial charge is 0.368 e. The van der Waals surface area contributed by atoms with Crippen LogP contribution in [-0.2, 0) is 11.3 Å². The van der Waals surface area contributed by atoms with Crippen molar-refractivity contribution in [3.8, 4) is 0 Å². The zero-order valence-electron chi connectivity index (χ0n) is 19.8. The molecule has 3 fully saturated rings. The maximum absolute atomic E-state index is 13.4. The molecule has 3 aliphatic rings. The molecule has 0 unspecified atom stereocenters. The van der Waals surface area contributed by atoms with Crippen LogP contribution in [0.15, 0.2) is 60.7 Å². The fraction of sp³-hybridized carbons (Fsp3) is 0.536. The van der Waals surface area contributed by atoms with Crippen molar-refractivity contribution in [1.29, 1.82) is 0 Å². The molecule has 0 N–H and O–H groups in total. The minimum absolute atomic E-state index is 0.185. The zero-order valence-corrected chi connectivity index (χ0v) is 19.8. The third-order valence-corrected chi connectivity index (χ3v) is 7.84. The summed E-state index contributed by atoms with van der Waals surface area (Å²) in [5.74, 6) is 0.582. The van der Waals surface area contributed by atoms with Gasteiger partial charge in [0, 0.05) is 51.0 Å². The third-order valence-electron chi connectivity index (χ3n) is 7.84. The van der Waals surface area contributed by atoms with E-state index in [1.807, 2.05) is 0 Å². The number of piperazine rings is 1. The van der Waals surface area contributed by atoms with Gasteiger partial charge in [0.2, 0.25) is 5.91 Å². The number of benzene rings is 2. The minimum Gasteiger partial charge on any atom is -0.368 e. The Morgan fingerprint density at radius 3 is 2.12 bits per heavy atom. The molecule has 3 saturated heterocycles. The van der Waals surface area contributed by atoms with Gasteiger partial charge in [0.1, 0.15) is 0 Å². The van der Waals surface area contributed by atoms with Crippen molar-refractivity contribution in [2.45, 2.75) is 38.3 Å². The molecule has 1 atom stereocenters. The number of likely N-dealkylation sites (tertiary alicyclic amines) is 2. The first-order chi connectivity index (χ1) is 16.3. The van der Waals surface area contributed by atoms with Gasteiger partial charge in [-0.25, -0.2) is 0 Å². The maximum Gasteiger partial charge on any atom is 0.227 e. The number of anilines is 1. The average molecular weight is 447 g/mol. The van der Waals surface area contributed by atoms with Gasteiger partial charge in [-0.3, -0.25) is 14.6 Å². The lowest BCUT2D eigenvalue weighted by Gasteiger charge is -2.43. The second-order valence-electron chi connectivity index (χ2n) is 9.97. The van der Waals surface area contributed by atoms with Crippen LogP contribution < -0.4 is 4.90 Å². The van der Waals surface area contributed by atoms with Crippen molar-refractivity contribution in [2.75, 3.05) is 57.3 Å². The second-order valence-corrected chi connectivity index (χ2v) is 9.97. The van der Waals surface area contributed by atoms with Gasteiger partial charge in [0.15, 0.2) is 0 Å². The molecular weight excluding hydrogens is 408 g/mol. The predicted molar refractivity (Wildman–Crippen MR) is 134 cm³/mol. The summed E-state index contributed by atoms with van der Waals surface area (Å²) in [6.45, 7) is 9.08. The molecule has 2 aromatic rings. The van der Waals surface area contributed by atoms with Crippen molar-refractivity contribution in [2.24, 2.45) is 5.92 Å². The van der Waals surface area contributed by atoms with Crippen LogP contribution in [0.25, 0.3) is 0 Å². The number of carbonyl (C=O) groups excluding carboxylic acids is 1.